The van der Waals surface area contributed by atoms with Crippen molar-refractivity contribution in [1.29, 1.82) is 0 Å². The molecule has 15 nitrogen and oxygen atoms in total. The van der Waals surface area contributed by atoms with Gasteiger partial charge in [0.1, 0.15) is 0 Å². The lowest BCUT2D eigenvalue weighted by molar-refractivity contribution is 0.458. The Morgan fingerprint density at radius 2 is 1.80 bits per heavy atom. The van der Waals surface area contributed by atoms with Crippen LogP contribution in [0.15, 0.2) is 23.1 Å². The highest BCUT2D eigenvalue weighted by atomic mass is 32.2. The van der Waals surface area contributed by atoms with Crippen LogP contribution in [-0.4, -0.2) is 64.4 Å². The minimum absolute atomic E-state index is 0.0316. The monoisotopic (exact) mass is 483 g/mol. The Labute approximate surface area is 173 Å². The smallest absolute Gasteiger partial charge is 0.357 e. The summed E-state index contributed by atoms with van der Waals surface area (Å²) in [6, 6.07) is 2.90. The van der Waals surface area contributed by atoms with Crippen molar-refractivity contribution in [1.82, 2.24) is 19.7 Å². The number of nitrogens with two attached hydrogens (primary N) is 1. The fourth-order valence-electron chi connectivity index (χ4n) is 1.98. The van der Waals surface area contributed by atoms with Gasteiger partial charge in [-0.1, -0.05) is 0 Å². The lowest BCUT2D eigenvalue weighted by Gasteiger charge is -2.12. The van der Waals surface area contributed by atoms with E-state index in [-0.39, 0.29) is 42.4 Å². The molecule has 1 atom stereocenters. The van der Waals surface area contributed by atoms with E-state index in [4.69, 9.17) is 10.3 Å². The van der Waals surface area contributed by atoms with Gasteiger partial charge in [-0.25, -0.2) is 13.1 Å². The standard InChI is InChI=1S/C12H17N7O8S3/c1-29(22,23)15-5-4-14-11-17-10(13)18-12(19-11)16-8-6-7(30(24,25)26)2-3-9(8)27-28(20)21/h2-3,6,15H,4-5H2,1H3,(H,20,21)(H,24,25,26)(H4,13,14,16,17,18,19). The fraction of sp³-hybridized carbons (Fsp3) is 0.250. The van der Waals surface area contributed by atoms with Crippen molar-refractivity contribution in [3.8, 4) is 5.75 Å². The third-order valence-corrected chi connectivity index (χ3v) is 4.98. The summed E-state index contributed by atoms with van der Waals surface area (Å²) in [6.45, 7) is 0.135. The molecule has 0 aliphatic carbocycles. The molecule has 1 heterocycles. The fourth-order valence-corrected chi connectivity index (χ4v) is 3.25. The molecule has 0 saturated heterocycles. The molecule has 18 heteroatoms. The lowest BCUT2D eigenvalue weighted by Crippen LogP contribution is -2.28. The van der Waals surface area contributed by atoms with Gasteiger partial charge in [-0.05, 0) is 18.2 Å². The number of hydrogen-bond acceptors (Lipinski definition) is 12. The molecular formula is C12H17N7O8S3. The second-order valence-corrected chi connectivity index (χ2v) is 9.35. The maximum absolute atomic E-state index is 11.4. The second-order valence-electron chi connectivity index (χ2n) is 5.49. The Kier molecular flexibility index (Phi) is 7.44. The van der Waals surface area contributed by atoms with Crippen molar-refractivity contribution in [2.75, 3.05) is 35.7 Å². The molecule has 0 spiro atoms. The van der Waals surface area contributed by atoms with Gasteiger partial charge in [-0.15, -0.1) is 0 Å². The first-order valence-electron chi connectivity index (χ1n) is 7.71. The van der Waals surface area contributed by atoms with Crippen LogP contribution in [0.3, 0.4) is 0 Å². The van der Waals surface area contributed by atoms with Crippen LogP contribution >= 0.6 is 0 Å². The zero-order valence-electron chi connectivity index (χ0n) is 15.1. The lowest BCUT2D eigenvalue weighted by atomic mass is 10.3. The van der Waals surface area contributed by atoms with E-state index >= 15 is 0 Å². The van der Waals surface area contributed by atoms with E-state index in [1.165, 1.54) is 0 Å². The number of anilines is 4. The summed E-state index contributed by atoms with van der Waals surface area (Å²) in [4.78, 5) is 11.0. The molecule has 166 valence electrons. The van der Waals surface area contributed by atoms with Gasteiger partial charge < -0.3 is 20.6 Å². The maximum Gasteiger partial charge on any atom is 0.357 e. The number of hydrogen-bond donors (Lipinski definition) is 6. The first-order chi connectivity index (χ1) is 13.8. The third-order valence-electron chi connectivity index (χ3n) is 3.08. The van der Waals surface area contributed by atoms with Crippen LogP contribution in [0.4, 0.5) is 23.5 Å². The summed E-state index contributed by atoms with van der Waals surface area (Å²) in [5.41, 5.74) is 5.42. The van der Waals surface area contributed by atoms with Gasteiger partial charge in [0.15, 0.2) is 5.75 Å². The van der Waals surface area contributed by atoms with Crippen molar-refractivity contribution in [2.24, 2.45) is 0 Å². The van der Waals surface area contributed by atoms with E-state index in [0.29, 0.717) is 0 Å². The number of benzene rings is 1. The van der Waals surface area contributed by atoms with Crippen molar-refractivity contribution >= 4 is 55.0 Å². The molecule has 1 aromatic carbocycles. The van der Waals surface area contributed by atoms with Crippen molar-refractivity contribution in [2.45, 2.75) is 4.90 Å². The summed E-state index contributed by atoms with van der Waals surface area (Å²) < 4.78 is 80.8. The largest absolute Gasteiger partial charge is 0.378 e. The summed E-state index contributed by atoms with van der Waals surface area (Å²) in [5, 5.41) is 5.25. The number of nitrogens with one attached hydrogen (secondary N) is 3. The summed E-state index contributed by atoms with van der Waals surface area (Å²) in [5.74, 6) is -0.749. The predicted octanol–water partition coefficient (Wildman–Crippen LogP) is -1.08. The molecule has 1 unspecified atom stereocenters. The Hall–Kier alpha value is -2.64. The van der Waals surface area contributed by atoms with Gasteiger partial charge in [-0.3, -0.25) is 9.11 Å². The molecule has 0 radical (unpaired) electrons. The highest BCUT2D eigenvalue weighted by Crippen LogP contribution is 2.30. The number of aromatic nitrogens is 3. The normalized spacial score (nSPS) is 12.9. The molecule has 0 aliphatic heterocycles. The van der Waals surface area contributed by atoms with E-state index in [1.807, 2.05) is 0 Å². The highest BCUT2D eigenvalue weighted by molar-refractivity contribution is 7.88. The van der Waals surface area contributed by atoms with Gasteiger partial charge in [0.25, 0.3) is 10.1 Å². The van der Waals surface area contributed by atoms with Crippen molar-refractivity contribution in [3.05, 3.63) is 18.2 Å². The van der Waals surface area contributed by atoms with Gasteiger partial charge in [0, 0.05) is 13.1 Å². The SMILES string of the molecule is CS(=O)(=O)NCCNc1nc(N)nc(Nc2cc(S(=O)(=O)O)ccc2OS(=O)O)n1. The molecule has 0 aliphatic rings. The third kappa shape index (κ3) is 7.65. The zero-order chi connectivity index (χ0) is 22.5. The van der Waals surface area contributed by atoms with E-state index in [0.717, 1.165) is 24.5 Å². The molecule has 1 aromatic heterocycles. The number of nitrogen functional groups attached to an aromatic ring is 1. The Bertz CT molecular complexity index is 1160. The average molecular weight is 484 g/mol. The molecule has 0 saturated carbocycles. The second kappa shape index (κ2) is 9.45. The Balaban J connectivity index is 2.27. The van der Waals surface area contributed by atoms with E-state index in [2.05, 4.69) is 34.5 Å². The molecule has 0 fully saturated rings. The zero-order valence-corrected chi connectivity index (χ0v) is 17.6. The quantitative estimate of drug-likeness (QED) is 0.134. The number of sulfonamides is 1. The van der Waals surface area contributed by atoms with Crippen LogP contribution in [0.1, 0.15) is 0 Å². The van der Waals surface area contributed by atoms with Gasteiger partial charge in [0.05, 0.1) is 16.8 Å². The minimum Gasteiger partial charge on any atom is -0.378 e. The van der Waals surface area contributed by atoms with E-state index < -0.39 is 36.4 Å². The Morgan fingerprint density at radius 1 is 1.13 bits per heavy atom. The molecule has 2 aromatic rings. The average Bonchev–Trinajstić information content (AvgIpc) is 2.57. The highest BCUT2D eigenvalue weighted by Gasteiger charge is 2.16. The minimum atomic E-state index is -4.59. The van der Waals surface area contributed by atoms with Gasteiger partial charge in [0.2, 0.25) is 27.9 Å². The maximum atomic E-state index is 11.4. The van der Waals surface area contributed by atoms with Crippen LogP contribution < -0.4 is 25.3 Å². The van der Waals surface area contributed by atoms with Crippen LogP contribution in [0.2, 0.25) is 0 Å². The van der Waals surface area contributed by atoms with Crippen molar-refractivity contribution in [3.63, 3.8) is 0 Å². The molecule has 0 bridgehead atoms. The van der Waals surface area contributed by atoms with E-state index in [1.54, 1.807) is 0 Å². The number of nitrogens with zero attached hydrogens (tertiary/aromatic N) is 3. The Morgan fingerprint density at radius 3 is 2.40 bits per heavy atom. The van der Waals surface area contributed by atoms with Crippen LogP contribution in [-0.2, 0) is 31.5 Å². The first-order valence-corrected chi connectivity index (χ1v) is 12.1. The van der Waals surface area contributed by atoms with Crippen molar-refractivity contribution < 1.29 is 34.3 Å². The van der Waals surface area contributed by atoms with Crippen LogP contribution in [0.5, 0.6) is 5.75 Å². The predicted molar refractivity (Wildman–Crippen MR) is 107 cm³/mol. The van der Waals surface area contributed by atoms with Gasteiger partial charge in [-0.2, -0.15) is 27.6 Å². The topological polar surface area (TPSA) is 236 Å². The summed E-state index contributed by atoms with van der Waals surface area (Å²) in [6.07, 6.45) is 0.996. The van der Waals surface area contributed by atoms with Crippen LogP contribution in [0, 0.1) is 0 Å². The van der Waals surface area contributed by atoms with E-state index in [9.17, 15) is 25.6 Å². The molecule has 2 rings (SSSR count). The van der Waals surface area contributed by atoms with Crippen LogP contribution in [0.25, 0.3) is 0 Å². The van der Waals surface area contributed by atoms with Gasteiger partial charge >= 0.3 is 11.4 Å². The molecule has 7 N–H and O–H groups in total. The molecule has 0 amide bonds. The summed E-state index contributed by atoms with van der Waals surface area (Å²) in [7, 11) is -7.96. The molecule has 30 heavy (non-hydrogen) atoms. The number of rotatable bonds is 10. The molecular weight excluding hydrogens is 466 g/mol. The first kappa shape index (κ1) is 23.6. The summed E-state index contributed by atoms with van der Waals surface area (Å²) >= 11 is -2.73.